The van der Waals surface area contributed by atoms with Gasteiger partial charge in [0.15, 0.2) is 5.92 Å². The van der Waals surface area contributed by atoms with Gasteiger partial charge in [0.2, 0.25) is 11.8 Å². The Bertz CT molecular complexity index is 761. The lowest BCUT2D eigenvalue weighted by Gasteiger charge is -2.36. The summed E-state index contributed by atoms with van der Waals surface area (Å²) in [5, 5.41) is 2.27. The summed E-state index contributed by atoms with van der Waals surface area (Å²) in [6.45, 7) is 0. The average Bonchev–Trinajstić information content (AvgIpc) is 3.19. The molecule has 1 heterocycles. The number of rotatable bonds is 3. The monoisotopic (exact) mass is 343 g/mol. The van der Waals surface area contributed by atoms with Crippen LogP contribution in [0.3, 0.4) is 0 Å². The molecule has 1 saturated heterocycles. The molecule has 4 amide bonds. The number of halogens is 1. The number of barbiturate groups is 1. The van der Waals surface area contributed by atoms with E-state index in [4.69, 9.17) is 0 Å². The molecule has 3 fully saturated rings. The first-order valence-corrected chi connectivity index (χ1v) is 8.50. The molecule has 1 aliphatic heterocycles. The maximum Gasteiger partial charge on any atom is 0.331 e. The molecule has 1 N–H and O–H groups in total. The first-order valence-electron chi connectivity index (χ1n) is 8.50. The summed E-state index contributed by atoms with van der Waals surface area (Å²) in [7, 11) is 0. The number of urea groups is 1. The van der Waals surface area contributed by atoms with Crippen LogP contribution in [0.2, 0.25) is 0 Å². The van der Waals surface area contributed by atoms with Crippen LogP contribution in [0, 0.1) is 23.6 Å². The number of hydrogen-bond donors (Lipinski definition) is 1. The molecule has 0 aromatic heterocycles. The van der Waals surface area contributed by atoms with Gasteiger partial charge >= 0.3 is 6.03 Å². The van der Waals surface area contributed by atoms with E-state index in [9.17, 15) is 18.8 Å². The fourth-order valence-corrected chi connectivity index (χ4v) is 4.27. The number of imide groups is 2. The Morgan fingerprint density at radius 2 is 1.88 bits per heavy atom. The third-order valence-corrected chi connectivity index (χ3v) is 5.47. The molecule has 1 aromatic rings. The van der Waals surface area contributed by atoms with E-state index in [-0.39, 0.29) is 6.04 Å². The summed E-state index contributed by atoms with van der Waals surface area (Å²) in [5.41, 5.74) is 0.436. The van der Waals surface area contributed by atoms with Crippen molar-refractivity contribution in [1.29, 1.82) is 0 Å². The van der Waals surface area contributed by atoms with Crippen molar-refractivity contribution in [2.45, 2.75) is 31.7 Å². The Morgan fingerprint density at radius 1 is 1.12 bits per heavy atom. The third-order valence-electron chi connectivity index (χ3n) is 5.47. The summed E-state index contributed by atoms with van der Waals surface area (Å²) in [6, 6.07) is 4.66. The zero-order valence-electron chi connectivity index (χ0n) is 13.5. The molecule has 4 atom stereocenters. The van der Waals surface area contributed by atoms with Crippen molar-refractivity contribution in [3.63, 3.8) is 0 Å². The number of fused-ring (bicyclic) bond motifs is 2. The van der Waals surface area contributed by atoms with E-state index in [1.54, 1.807) is 0 Å². The van der Waals surface area contributed by atoms with E-state index >= 15 is 0 Å². The first kappa shape index (κ1) is 15.9. The molecule has 130 valence electrons. The van der Waals surface area contributed by atoms with Crippen LogP contribution in [0.4, 0.5) is 14.9 Å². The Kier molecular flexibility index (Phi) is 3.86. The lowest BCUT2D eigenvalue weighted by molar-refractivity contribution is -0.141. The lowest BCUT2D eigenvalue weighted by Crippen LogP contribution is -2.62. The highest BCUT2D eigenvalue weighted by molar-refractivity contribution is 6.23. The van der Waals surface area contributed by atoms with Gasteiger partial charge in [-0.05, 0) is 55.4 Å². The molecule has 0 spiro atoms. The fraction of sp³-hybridized carbons (Fsp3) is 0.444. The Labute approximate surface area is 144 Å². The molecule has 3 aliphatic rings. The maximum atomic E-state index is 12.9. The number of benzene rings is 1. The number of nitrogens with one attached hydrogen (secondary N) is 1. The van der Waals surface area contributed by atoms with Gasteiger partial charge in [-0.3, -0.25) is 24.8 Å². The predicted octanol–water partition coefficient (Wildman–Crippen LogP) is 2.41. The number of carbonyl (C=O) groups excluding carboxylic acids is 3. The molecule has 0 unspecified atom stereocenters. The van der Waals surface area contributed by atoms with E-state index in [0.717, 1.165) is 25.7 Å². The van der Waals surface area contributed by atoms with Crippen LogP contribution in [-0.4, -0.2) is 35.0 Å². The highest BCUT2D eigenvalue weighted by Gasteiger charge is 2.50. The van der Waals surface area contributed by atoms with Crippen LogP contribution in [0.5, 0.6) is 0 Å². The van der Waals surface area contributed by atoms with E-state index in [0.29, 0.717) is 17.5 Å². The third kappa shape index (κ3) is 2.83. The smallest absolute Gasteiger partial charge is 0.277 e. The van der Waals surface area contributed by atoms with Gasteiger partial charge in [-0.15, -0.1) is 0 Å². The number of amides is 4. The van der Waals surface area contributed by atoms with Crippen LogP contribution in [-0.2, 0) is 9.59 Å². The van der Waals surface area contributed by atoms with Gasteiger partial charge in [0.1, 0.15) is 5.82 Å². The normalized spacial score (nSPS) is 31.9. The minimum atomic E-state index is -1.14. The quantitative estimate of drug-likeness (QED) is 0.676. The van der Waals surface area contributed by atoms with E-state index in [2.05, 4.69) is 10.3 Å². The second-order valence-corrected chi connectivity index (χ2v) is 6.98. The lowest BCUT2D eigenvalue weighted by atomic mass is 9.92. The predicted molar refractivity (Wildman–Crippen MR) is 87.7 cm³/mol. The van der Waals surface area contributed by atoms with Gasteiger partial charge in [-0.25, -0.2) is 9.18 Å². The zero-order valence-corrected chi connectivity index (χ0v) is 13.5. The fourth-order valence-electron chi connectivity index (χ4n) is 4.27. The van der Waals surface area contributed by atoms with Crippen LogP contribution in [0.25, 0.3) is 0 Å². The second-order valence-electron chi connectivity index (χ2n) is 6.98. The number of carbonyl (C=O) groups is 3. The molecular weight excluding hydrogens is 325 g/mol. The molecule has 25 heavy (non-hydrogen) atoms. The summed E-state index contributed by atoms with van der Waals surface area (Å²) >= 11 is 0. The summed E-state index contributed by atoms with van der Waals surface area (Å²) in [5.74, 6) is -1.81. The van der Waals surface area contributed by atoms with Crippen molar-refractivity contribution in [3.8, 4) is 0 Å². The summed E-state index contributed by atoms with van der Waals surface area (Å²) in [6.07, 6.45) is 5.27. The van der Waals surface area contributed by atoms with Gasteiger partial charge in [-0.1, -0.05) is 6.42 Å². The number of aliphatic imine (C=N–C) groups is 1. The molecule has 1 aromatic carbocycles. The van der Waals surface area contributed by atoms with Crippen molar-refractivity contribution in [1.82, 2.24) is 10.2 Å². The van der Waals surface area contributed by atoms with Crippen LogP contribution >= 0.6 is 0 Å². The van der Waals surface area contributed by atoms with Gasteiger partial charge in [0.05, 0.1) is 5.69 Å². The standard InChI is InChI=1S/C18H18FN3O3/c19-12-3-5-13(6-4-12)20-9-14-16(23)21-18(25)22(17(14)24)15-8-10-1-2-11(15)7-10/h3-6,9-11,14-15H,1-2,7-8H2,(H,21,23,25)/t10-,11-,14+,15+/m0/s1. The van der Waals surface area contributed by atoms with Crippen molar-refractivity contribution in [3.05, 3.63) is 30.1 Å². The second kappa shape index (κ2) is 6.06. The molecule has 2 bridgehead atoms. The topological polar surface area (TPSA) is 78.8 Å². The molecule has 4 rings (SSSR count). The molecule has 0 radical (unpaired) electrons. The SMILES string of the molecule is O=C1NC(=O)N([C@@H]2C[C@H]3CC[C@H]2C3)C(=O)[C@@H]1C=Nc1ccc(F)cc1. The molecule has 6 nitrogen and oxygen atoms in total. The summed E-state index contributed by atoms with van der Waals surface area (Å²) < 4.78 is 12.9. The minimum absolute atomic E-state index is 0.124. The summed E-state index contributed by atoms with van der Waals surface area (Å²) in [4.78, 5) is 42.4. The Balaban J connectivity index is 1.55. The van der Waals surface area contributed by atoms with E-state index < -0.39 is 29.6 Å². The highest BCUT2D eigenvalue weighted by Crippen LogP contribution is 2.47. The Morgan fingerprint density at radius 3 is 2.52 bits per heavy atom. The van der Waals surface area contributed by atoms with Crippen LogP contribution in [0.1, 0.15) is 25.7 Å². The Hall–Kier alpha value is -2.57. The largest absolute Gasteiger partial charge is 0.331 e. The van der Waals surface area contributed by atoms with Gasteiger partial charge in [0.25, 0.3) is 0 Å². The van der Waals surface area contributed by atoms with Gasteiger partial charge < -0.3 is 0 Å². The minimum Gasteiger partial charge on any atom is -0.277 e. The first-order chi connectivity index (χ1) is 12.0. The van der Waals surface area contributed by atoms with Gasteiger partial charge in [-0.2, -0.15) is 0 Å². The number of nitrogens with zero attached hydrogens (tertiary/aromatic N) is 2. The number of hydrogen-bond acceptors (Lipinski definition) is 4. The van der Waals surface area contributed by atoms with Crippen LogP contribution < -0.4 is 5.32 Å². The van der Waals surface area contributed by atoms with E-state index in [1.165, 1.54) is 35.4 Å². The average molecular weight is 343 g/mol. The van der Waals surface area contributed by atoms with Crippen molar-refractivity contribution < 1.29 is 18.8 Å². The molecule has 2 aliphatic carbocycles. The van der Waals surface area contributed by atoms with Crippen LogP contribution in [0.15, 0.2) is 29.3 Å². The van der Waals surface area contributed by atoms with Crippen molar-refractivity contribution in [2.24, 2.45) is 22.7 Å². The maximum absolute atomic E-state index is 12.9. The van der Waals surface area contributed by atoms with Crippen molar-refractivity contribution in [2.75, 3.05) is 0 Å². The van der Waals surface area contributed by atoms with E-state index in [1.807, 2.05) is 0 Å². The zero-order chi connectivity index (χ0) is 17.6. The molecule has 2 saturated carbocycles. The highest BCUT2D eigenvalue weighted by atomic mass is 19.1. The molecular formula is C18H18FN3O3. The van der Waals surface area contributed by atoms with Gasteiger partial charge in [0, 0.05) is 12.3 Å². The molecule has 7 heteroatoms. The van der Waals surface area contributed by atoms with Crippen molar-refractivity contribution >= 4 is 29.7 Å².